The van der Waals surface area contributed by atoms with E-state index in [1.165, 1.54) is 12.8 Å². The van der Waals surface area contributed by atoms with Gasteiger partial charge in [0.15, 0.2) is 0 Å². The number of nitrogens with zero attached hydrogens (tertiary/aromatic N) is 2. The Kier molecular flexibility index (Phi) is 2.96. The second-order valence-electron chi connectivity index (χ2n) is 6.36. The minimum atomic E-state index is 0.153. The Morgan fingerprint density at radius 2 is 1.81 bits per heavy atom. The quantitative estimate of drug-likeness (QED) is 0.840. The predicted octanol–water partition coefficient (Wildman–Crippen LogP) is 3.49. The van der Waals surface area contributed by atoms with E-state index in [1.807, 2.05) is 23.1 Å². The minimum absolute atomic E-state index is 0.153. The number of anilines is 1. The zero-order chi connectivity index (χ0) is 14.4. The van der Waals surface area contributed by atoms with Gasteiger partial charge in [-0.15, -0.1) is 0 Å². The normalized spacial score (nSPS) is 19.7. The molecule has 1 fully saturated rings. The van der Waals surface area contributed by atoms with Crippen LogP contribution < -0.4 is 4.90 Å². The number of carbonyl (C=O) groups excluding carboxylic acids is 1. The van der Waals surface area contributed by atoms with Gasteiger partial charge in [0.25, 0.3) is 5.91 Å². The standard InChI is InChI=1S/C18H20N2O/c1-13-8-10-19(11-9-13)12-20-16-7-3-5-14-4-2-6-15(17(14)16)18(20)21/h2-7,13H,8-12H2,1H3. The van der Waals surface area contributed by atoms with Crippen LogP contribution in [-0.2, 0) is 0 Å². The van der Waals surface area contributed by atoms with E-state index in [1.54, 1.807) is 0 Å². The monoisotopic (exact) mass is 280 g/mol. The molecule has 0 bridgehead atoms. The molecule has 2 aromatic rings. The molecular weight excluding hydrogens is 260 g/mol. The molecule has 0 aromatic heterocycles. The molecular formula is C18H20N2O. The number of hydrogen-bond donors (Lipinski definition) is 0. The average molecular weight is 280 g/mol. The first-order chi connectivity index (χ1) is 10.2. The Morgan fingerprint density at radius 3 is 2.57 bits per heavy atom. The molecule has 0 spiro atoms. The van der Waals surface area contributed by atoms with Crippen LogP contribution in [0.2, 0.25) is 0 Å². The highest BCUT2D eigenvalue weighted by molar-refractivity contribution is 6.24. The zero-order valence-electron chi connectivity index (χ0n) is 12.4. The first-order valence-electron chi connectivity index (χ1n) is 7.80. The van der Waals surface area contributed by atoms with Gasteiger partial charge in [-0.2, -0.15) is 0 Å². The third-order valence-corrected chi connectivity index (χ3v) is 4.87. The summed E-state index contributed by atoms with van der Waals surface area (Å²) in [4.78, 5) is 17.1. The van der Waals surface area contributed by atoms with Crippen LogP contribution in [-0.4, -0.2) is 30.6 Å². The number of hydrogen-bond acceptors (Lipinski definition) is 2. The van der Waals surface area contributed by atoms with Gasteiger partial charge in [-0.05, 0) is 36.3 Å². The summed E-state index contributed by atoms with van der Waals surface area (Å²) in [6.07, 6.45) is 2.47. The number of rotatable bonds is 2. The third kappa shape index (κ3) is 2.04. The van der Waals surface area contributed by atoms with Gasteiger partial charge in [0.2, 0.25) is 0 Å². The van der Waals surface area contributed by atoms with Crippen molar-refractivity contribution in [3.05, 3.63) is 42.0 Å². The van der Waals surface area contributed by atoms with Gasteiger partial charge in [-0.1, -0.05) is 31.2 Å². The van der Waals surface area contributed by atoms with Crippen molar-refractivity contribution in [2.24, 2.45) is 5.92 Å². The van der Waals surface area contributed by atoms with Crippen LogP contribution in [0, 0.1) is 5.92 Å². The molecule has 0 N–H and O–H groups in total. The highest BCUT2D eigenvalue weighted by Gasteiger charge is 2.31. The number of carbonyl (C=O) groups is 1. The van der Waals surface area contributed by atoms with Crippen molar-refractivity contribution in [2.75, 3.05) is 24.7 Å². The topological polar surface area (TPSA) is 23.6 Å². The van der Waals surface area contributed by atoms with E-state index in [2.05, 4.69) is 30.0 Å². The first kappa shape index (κ1) is 12.8. The maximum absolute atomic E-state index is 12.7. The maximum atomic E-state index is 12.7. The Labute approximate surface area is 125 Å². The van der Waals surface area contributed by atoms with Crippen molar-refractivity contribution < 1.29 is 4.79 Å². The van der Waals surface area contributed by atoms with Crippen molar-refractivity contribution in [3.8, 4) is 0 Å². The molecule has 2 aliphatic rings. The van der Waals surface area contributed by atoms with Crippen molar-refractivity contribution in [1.82, 2.24) is 4.90 Å². The van der Waals surface area contributed by atoms with E-state index in [0.29, 0.717) is 0 Å². The molecule has 4 rings (SSSR count). The summed E-state index contributed by atoms with van der Waals surface area (Å²) in [6.45, 7) is 5.23. The van der Waals surface area contributed by atoms with Crippen LogP contribution in [0.4, 0.5) is 5.69 Å². The van der Waals surface area contributed by atoms with E-state index >= 15 is 0 Å². The van der Waals surface area contributed by atoms with Crippen LogP contribution in [0.3, 0.4) is 0 Å². The lowest BCUT2D eigenvalue weighted by Crippen LogP contribution is -2.43. The van der Waals surface area contributed by atoms with Gasteiger partial charge >= 0.3 is 0 Å². The number of piperidine rings is 1. The SMILES string of the molecule is CC1CCN(CN2C(=O)c3cccc4cccc2c34)CC1. The molecule has 3 heteroatoms. The van der Waals surface area contributed by atoms with Gasteiger partial charge in [0.05, 0.1) is 12.4 Å². The van der Waals surface area contributed by atoms with Crippen molar-refractivity contribution >= 4 is 22.4 Å². The highest BCUT2D eigenvalue weighted by atomic mass is 16.2. The lowest BCUT2D eigenvalue weighted by Gasteiger charge is -2.33. The van der Waals surface area contributed by atoms with Crippen molar-refractivity contribution in [2.45, 2.75) is 19.8 Å². The molecule has 0 unspecified atom stereocenters. The molecule has 0 aliphatic carbocycles. The number of benzene rings is 2. The second kappa shape index (κ2) is 4.85. The van der Waals surface area contributed by atoms with Gasteiger partial charge in [0, 0.05) is 24.0 Å². The number of amides is 1. The predicted molar refractivity (Wildman–Crippen MR) is 85.6 cm³/mol. The Bertz CT molecular complexity index is 696. The second-order valence-corrected chi connectivity index (χ2v) is 6.36. The van der Waals surface area contributed by atoms with Gasteiger partial charge in [-0.25, -0.2) is 0 Å². The summed E-state index contributed by atoms with van der Waals surface area (Å²) < 4.78 is 0. The fraction of sp³-hybridized carbons (Fsp3) is 0.389. The molecule has 108 valence electrons. The van der Waals surface area contributed by atoms with Gasteiger partial charge in [0.1, 0.15) is 0 Å². The Balaban J connectivity index is 1.66. The summed E-state index contributed by atoms with van der Waals surface area (Å²) in [5, 5.41) is 2.28. The van der Waals surface area contributed by atoms with Crippen LogP contribution in [0.15, 0.2) is 36.4 Å². The molecule has 2 aromatic carbocycles. The van der Waals surface area contributed by atoms with E-state index in [0.717, 1.165) is 47.7 Å². The minimum Gasteiger partial charge on any atom is -0.294 e. The summed E-state index contributed by atoms with van der Waals surface area (Å²) in [5.74, 6) is 0.969. The zero-order valence-corrected chi connectivity index (χ0v) is 12.4. The van der Waals surface area contributed by atoms with E-state index in [4.69, 9.17) is 0 Å². The lowest BCUT2D eigenvalue weighted by molar-refractivity contribution is 0.0963. The summed E-state index contributed by atoms with van der Waals surface area (Å²) in [7, 11) is 0. The Morgan fingerprint density at radius 1 is 1.10 bits per heavy atom. The first-order valence-corrected chi connectivity index (χ1v) is 7.80. The largest absolute Gasteiger partial charge is 0.294 e. The lowest BCUT2D eigenvalue weighted by atomic mass is 10.00. The highest BCUT2D eigenvalue weighted by Crippen LogP contribution is 2.37. The van der Waals surface area contributed by atoms with E-state index in [-0.39, 0.29) is 5.91 Å². The fourth-order valence-electron chi connectivity index (χ4n) is 3.52. The summed E-state index contributed by atoms with van der Waals surface area (Å²) in [6, 6.07) is 12.2. The molecule has 0 saturated carbocycles. The fourth-order valence-corrected chi connectivity index (χ4v) is 3.52. The van der Waals surface area contributed by atoms with Crippen LogP contribution in [0.1, 0.15) is 30.1 Å². The molecule has 0 radical (unpaired) electrons. The molecule has 21 heavy (non-hydrogen) atoms. The maximum Gasteiger partial charge on any atom is 0.260 e. The van der Waals surface area contributed by atoms with Gasteiger partial charge in [-0.3, -0.25) is 14.6 Å². The smallest absolute Gasteiger partial charge is 0.260 e. The average Bonchev–Trinajstić information content (AvgIpc) is 2.78. The summed E-state index contributed by atoms with van der Waals surface area (Å²) >= 11 is 0. The molecule has 0 atom stereocenters. The molecule has 3 nitrogen and oxygen atoms in total. The summed E-state index contributed by atoms with van der Waals surface area (Å²) in [5.41, 5.74) is 1.93. The van der Waals surface area contributed by atoms with Crippen LogP contribution in [0.25, 0.3) is 10.8 Å². The van der Waals surface area contributed by atoms with Gasteiger partial charge < -0.3 is 0 Å². The van der Waals surface area contributed by atoms with Crippen molar-refractivity contribution in [1.29, 1.82) is 0 Å². The van der Waals surface area contributed by atoms with E-state index < -0.39 is 0 Å². The Hall–Kier alpha value is -1.87. The third-order valence-electron chi connectivity index (χ3n) is 4.87. The molecule has 1 saturated heterocycles. The molecule has 2 heterocycles. The van der Waals surface area contributed by atoms with Crippen molar-refractivity contribution in [3.63, 3.8) is 0 Å². The molecule has 1 amide bonds. The molecule has 2 aliphatic heterocycles. The van der Waals surface area contributed by atoms with E-state index in [9.17, 15) is 4.79 Å². The van der Waals surface area contributed by atoms with Crippen LogP contribution >= 0.6 is 0 Å². The number of likely N-dealkylation sites (tertiary alicyclic amines) is 1. The van der Waals surface area contributed by atoms with Crippen LogP contribution in [0.5, 0.6) is 0 Å².